The summed E-state index contributed by atoms with van der Waals surface area (Å²) >= 11 is 0. The average molecular weight is 361 g/mol. The van der Waals surface area contributed by atoms with E-state index in [-0.39, 0.29) is 5.91 Å². The molecule has 1 aliphatic heterocycles. The number of rotatable bonds is 4. The Bertz CT molecular complexity index is 1010. The fourth-order valence-corrected chi connectivity index (χ4v) is 3.75. The second-order valence-electron chi connectivity index (χ2n) is 7.62. The number of pyridine rings is 1. The van der Waals surface area contributed by atoms with Gasteiger partial charge in [-0.1, -0.05) is 6.07 Å². The first kappa shape index (κ1) is 16.3. The molecule has 1 aromatic carbocycles. The molecule has 0 unspecified atom stereocenters. The summed E-state index contributed by atoms with van der Waals surface area (Å²) < 4.78 is 2.05. The van der Waals surface area contributed by atoms with Crippen LogP contribution in [0, 0.1) is 6.92 Å². The van der Waals surface area contributed by atoms with Crippen molar-refractivity contribution in [3.8, 4) is 11.1 Å². The third kappa shape index (κ3) is 3.05. The van der Waals surface area contributed by atoms with Crippen LogP contribution in [-0.4, -0.2) is 39.6 Å². The fraction of sp³-hybridized carbons (Fsp3) is 0.381. The van der Waals surface area contributed by atoms with Crippen LogP contribution >= 0.6 is 0 Å². The van der Waals surface area contributed by atoms with Gasteiger partial charge in [0.25, 0.3) is 5.91 Å². The number of aryl methyl sites for hydroxylation is 1. The molecule has 1 amide bonds. The summed E-state index contributed by atoms with van der Waals surface area (Å²) in [6.45, 7) is 4.15. The highest BCUT2D eigenvalue weighted by Gasteiger charge is 2.24. The summed E-state index contributed by atoms with van der Waals surface area (Å²) in [6, 6.07) is 10.4. The third-order valence-electron chi connectivity index (χ3n) is 5.50. The molecule has 1 saturated heterocycles. The molecule has 3 aromatic rings. The van der Waals surface area contributed by atoms with Crippen molar-refractivity contribution >= 4 is 17.5 Å². The van der Waals surface area contributed by atoms with E-state index >= 15 is 0 Å². The lowest BCUT2D eigenvalue weighted by Gasteiger charge is -2.14. The Balaban J connectivity index is 1.50. The lowest BCUT2D eigenvalue weighted by molar-refractivity contribution is 0.0951. The number of nitrogens with one attached hydrogen (secondary N) is 1. The van der Waals surface area contributed by atoms with Crippen LogP contribution in [0.4, 0.5) is 5.95 Å². The monoisotopic (exact) mass is 361 g/mol. The van der Waals surface area contributed by atoms with Gasteiger partial charge in [0.1, 0.15) is 0 Å². The largest absolute Gasteiger partial charge is 0.349 e. The number of hydrogen-bond donors (Lipinski definition) is 1. The van der Waals surface area contributed by atoms with Crippen molar-refractivity contribution in [1.82, 2.24) is 19.9 Å². The molecule has 5 rings (SSSR count). The average Bonchev–Trinajstić information content (AvgIpc) is 3.17. The highest BCUT2D eigenvalue weighted by molar-refractivity contribution is 5.96. The summed E-state index contributed by atoms with van der Waals surface area (Å²) in [4.78, 5) is 14.7. The Kier molecular flexibility index (Phi) is 3.85. The second-order valence-corrected chi connectivity index (χ2v) is 7.62. The minimum Gasteiger partial charge on any atom is -0.349 e. The maximum Gasteiger partial charge on any atom is 0.251 e. The molecule has 0 spiro atoms. The smallest absolute Gasteiger partial charge is 0.251 e. The van der Waals surface area contributed by atoms with E-state index in [1.54, 1.807) is 0 Å². The molecule has 2 aliphatic rings. The third-order valence-corrected chi connectivity index (χ3v) is 5.50. The molecule has 1 saturated carbocycles. The summed E-state index contributed by atoms with van der Waals surface area (Å²) in [5.41, 5.74) is 4.80. The number of hydrogen-bond acceptors (Lipinski definition) is 4. The first-order chi connectivity index (χ1) is 13.2. The van der Waals surface area contributed by atoms with E-state index in [9.17, 15) is 4.79 Å². The van der Waals surface area contributed by atoms with Crippen LogP contribution in [0.25, 0.3) is 16.8 Å². The maximum absolute atomic E-state index is 12.4. The van der Waals surface area contributed by atoms with Crippen LogP contribution in [0.2, 0.25) is 0 Å². The molecule has 1 aliphatic carbocycles. The van der Waals surface area contributed by atoms with E-state index in [0.717, 1.165) is 54.2 Å². The zero-order valence-electron chi connectivity index (χ0n) is 15.5. The number of carbonyl (C=O) groups is 1. The predicted octanol–water partition coefficient (Wildman–Crippen LogP) is 3.20. The molecule has 0 radical (unpaired) electrons. The van der Waals surface area contributed by atoms with Crippen LogP contribution < -0.4 is 10.2 Å². The van der Waals surface area contributed by atoms with Crippen molar-refractivity contribution < 1.29 is 4.79 Å². The lowest BCUT2D eigenvalue weighted by atomic mass is 9.98. The molecule has 2 fully saturated rings. The van der Waals surface area contributed by atoms with Gasteiger partial charge in [0, 0.05) is 30.9 Å². The molecule has 6 heteroatoms. The Hall–Kier alpha value is -2.89. The van der Waals surface area contributed by atoms with Crippen molar-refractivity contribution in [2.24, 2.45) is 0 Å². The van der Waals surface area contributed by atoms with Crippen LogP contribution in [0.1, 0.15) is 41.6 Å². The highest BCUT2D eigenvalue weighted by Crippen LogP contribution is 2.28. The zero-order valence-corrected chi connectivity index (χ0v) is 15.5. The summed E-state index contributed by atoms with van der Waals surface area (Å²) in [5.74, 6) is 0.932. The van der Waals surface area contributed by atoms with Gasteiger partial charge in [-0.15, -0.1) is 10.2 Å². The molecular formula is C21H23N5O. The molecule has 3 heterocycles. The first-order valence-electron chi connectivity index (χ1n) is 9.71. The van der Waals surface area contributed by atoms with Gasteiger partial charge in [0.2, 0.25) is 5.95 Å². The second kappa shape index (κ2) is 6.37. The van der Waals surface area contributed by atoms with Crippen LogP contribution in [0.15, 0.2) is 36.5 Å². The van der Waals surface area contributed by atoms with E-state index in [2.05, 4.69) is 39.5 Å². The highest BCUT2D eigenvalue weighted by atomic mass is 16.1. The topological polar surface area (TPSA) is 62.5 Å². The van der Waals surface area contributed by atoms with Crippen LogP contribution in [0.3, 0.4) is 0 Å². The normalized spacial score (nSPS) is 16.9. The van der Waals surface area contributed by atoms with Gasteiger partial charge in [-0.05, 0) is 73.6 Å². The number of fused-ring (bicyclic) bond motifs is 1. The number of amides is 1. The zero-order chi connectivity index (χ0) is 18.4. The molecule has 6 nitrogen and oxygen atoms in total. The van der Waals surface area contributed by atoms with E-state index in [4.69, 9.17) is 0 Å². The van der Waals surface area contributed by atoms with Gasteiger partial charge < -0.3 is 10.2 Å². The Labute approximate surface area is 158 Å². The predicted molar refractivity (Wildman–Crippen MR) is 105 cm³/mol. The van der Waals surface area contributed by atoms with E-state index < -0.39 is 0 Å². The Morgan fingerprint density at radius 1 is 1.11 bits per heavy atom. The van der Waals surface area contributed by atoms with Crippen molar-refractivity contribution in [1.29, 1.82) is 0 Å². The van der Waals surface area contributed by atoms with Crippen molar-refractivity contribution in [2.45, 2.75) is 38.6 Å². The standard InChI is InChI=1S/C21H23N5O/c1-14-4-5-16(20(27)22-17-6-7-17)12-18(14)15-8-11-26-19(13-15)23-24-21(26)25-9-2-3-10-25/h4-5,8,11-13,17H,2-3,6-7,9-10H2,1H3,(H,22,27). The van der Waals surface area contributed by atoms with Gasteiger partial charge in [-0.25, -0.2) is 0 Å². The number of anilines is 1. The fourth-order valence-electron chi connectivity index (χ4n) is 3.75. The molecule has 138 valence electrons. The van der Waals surface area contributed by atoms with Crippen LogP contribution in [0.5, 0.6) is 0 Å². The lowest BCUT2D eigenvalue weighted by Crippen LogP contribution is -2.25. The van der Waals surface area contributed by atoms with Gasteiger partial charge in [-0.3, -0.25) is 9.20 Å². The maximum atomic E-state index is 12.4. The quantitative estimate of drug-likeness (QED) is 0.775. The molecule has 0 atom stereocenters. The Morgan fingerprint density at radius 3 is 2.70 bits per heavy atom. The van der Waals surface area contributed by atoms with Gasteiger partial charge in [-0.2, -0.15) is 0 Å². The number of nitrogens with zero attached hydrogens (tertiary/aromatic N) is 4. The van der Waals surface area contributed by atoms with Crippen molar-refractivity contribution in [3.63, 3.8) is 0 Å². The molecule has 2 aromatic heterocycles. The minimum atomic E-state index is 0.0126. The number of benzene rings is 1. The van der Waals surface area contributed by atoms with Crippen LogP contribution in [-0.2, 0) is 0 Å². The number of aromatic nitrogens is 3. The minimum absolute atomic E-state index is 0.0126. The van der Waals surface area contributed by atoms with Gasteiger partial charge in [0.05, 0.1) is 0 Å². The van der Waals surface area contributed by atoms with Crippen molar-refractivity contribution in [3.05, 3.63) is 47.7 Å². The summed E-state index contributed by atoms with van der Waals surface area (Å²) in [7, 11) is 0. The van der Waals surface area contributed by atoms with Gasteiger partial charge >= 0.3 is 0 Å². The Morgan fingerprint density at radius 2 is 1.93 bits per heavy atom. The number of carbonyl (C=O) groups excluding carboxylic acids is 1. The molecule has 27 heavy (non-hydrogen) atoms. The SMILES string of the molecule is Cc1ccc(C(=O)NC2CC2)cc1-c1ccn2c(N3CCCC3)nnc2c1. The van der Waals surface area contributed by atoms with Gasteiger partial charge in [0.15, 0.2) is 5.65 Å². The summed E-state index contributed by atoms with van der Waals surface area (Å²) in [5, 5.41) is 11.8. The molecule has 0 bridgehead atoms. The summed E-state index contributed by atoms with van der Waals surface area (Å²) in [6.07, 6.45) is 6.64. The van der Waals surface area contributed by atoms with Crippen molar-refractivity contribution in [2.75, 3.05) is 18.0 Å². The van der Waals surface area contributed by atoms with E-state index in [1.165, 1.54) is 12.8 Å². The molecular weight excluding hydrogens is 338 g/mol. The van der Waals surface area contributed by atoms with E-state index in [1.807, 2.05) is 28.8 Å². The molecule has 1 N–H and O–H groups in total. The first-order valence-corrected chi connectivity index (χ1v) is 9.71. The van der Waals surface area contributed by atoms with E-state index in [0.29, 0.717) is 11.6 Å².